The van der Waals surface area contributed by atoms with E-state index < -0.39 is 0 Å². The topological polar surface area (TPSA) is 29.9 Å². The minimum atomic E-state index is 0.249. The van der Waals surface area contributed by atoms with Gasteiger partial charge >= 0.3 is 0 Å². The quantitative estimate of drug-likeness (QED) is 0.871. The number of nitrogens with zero attached hydrogens (tertiary/aromatic N) is 2. The van der Waals surface area contributed by atoms with Gasteiger partial charge in [0.2, 0.25) is 0 Å². The maximum atomic E-state index is 6.11. The predicted molar refractivity (Wildman–Crippen MR) is 89.0 cm³/mol. The second-order valence-corrected chi connectivity index (χ2v) is 6.10. The summed E-state index contributed by atoms with van der Waals surface area (Å²) in [7, 11) is 1.97. The van der Waals surface area contributed by atoms with Crippen molar-refractivity contribution in [2.45, 2.75) is 39.8 Å². The molecule has 0 fully saturated rings. The zero-order valence-corrected chi connectivity index (χ0v) is 14.4. The van der Waals surface area contributed by atoms with E-state index in [1.807, 2.05) is 36.9 Å². The lowest BCUT2D eigenvalue weighted by Gasteiger charge is -2.18. The molecule has 0 amide bonds. The van der Waals surface area contributed by atoms with Crippen molar-refractivity contribution in [3.8, 4) is 0 Å². The Bertz CT molecular complexity index is 635. The lowest BCUT2D eigenvalue weighted by atomic mass is 10.0. The van der Waals surface area contributed by atoms with Gasteiger partial charge in [0, 0.05) is 30.9 Å². The number of nitrogens with one attached hydrogen (secondary N) is 1. The van der Waals surface area contributed by atoms with Crippen LogP contribution in [-0.2, 0) is 13.6 Å². The smallest absolute Gasteiger partial charge is 0.0641 e. The van der Waals surface area contributed by atoms with E-state index in [0.717, 1.165) is 24.2 Å². The fourth-order valence-electron chi connectivity index (χ4n) is 2.53. The summed E-state index contributed by atoms with van der Waals surface area (Å²) >= 11 is 12.1. The lowest BCUT2D eigenvalue weighted by molar-refractivity contribution is 0.517. The van der Waals surface area contributed by atoms with E-state index in [4.69, 9.17) is 23.2 Å². The normalized spacial score (nSPS) is 12.7. The minimum absolute atomic E-state index is 0.249. The van der Waals surface area contributed by atoms with Crippen LogP contribution in [0.5, 0.6) is 0 Å². The van der Waals surface area contributed by atoms with Crippen LogP contribution >= 0.6 is 23.2 Å². The van der Waals surface area contributed by atoms with Gasteiger partial charge in [0.15, 0.2) is 0 Å². The Morgan fingerprint density at radius 2 is 1.95 bits per heavy atom. The van der Waals surface area contributed by atoms with Crippen molar-refractivity contribution in [2.75, 3.05) is 0 Å². The van der Waals surface area contributed by atoms with Crippen LogP contribution in [0.2, 0.25) is 10.0 Å². The molecule has 0 saturated heterocycles. The van der Waals surface area contributed by atoms with Gasteiger partial charge in [0.1, 0.15) is 0 Å². The van der Waals surface area contributed by atoms with E-state index in [2.05, 4.69) is 24.3 Å². The van der Waals surface area contributed by atoms with Gasteiger partial charge in [-0.15, -0.1) is 0 Å². The summed E-state index contributed by atoms with van der Waals surface area (Å²) in [6, 6.07) is 6.06. The number of benzene rings is 1. The highest BCUT2D eigenvalue weighted by molar-refractivity contribution is 6.42. The van der Waals surface area contributed by atoms with Gasteiger partial charge in [0.25, 0.3) is 0 Å². The molecule has 21 heavy (non-hydrogen) atoms. The zero-order chi connectivity index (χ0) is 15.6. The number of rotatable bonds is 5. The number of aryl methyl sites for hydroxylation is 2. The van der Waals surface area contributed by atoms with Crippen LogP contribution < -0.4 is 5.32 Å². The lowest BCUT2D eigenvalue weighted by Crippen LogP contribution is -2.21. The Labute approximate surface area is 136 Å². The van der Waals surface area contributed by atoms with Crippen molar-refractivity contribution >= 4 is 23.2 Å². The van der Waals surface area contributed by atoms with Crippen molar-refractivity contribution in [2.24, 2.45) is 7.05 Å². The number of hydrogen-bond donors (Lipinski definition) is 1. The molecule has 1 aromatic heterocycles. The van der Waals surface area contributed by atoms with Crippen LogP contribution in [0.4, 0.5) is 0 Å². The Balaban J connectivity index is 2.14. The van der Waals surface area contributed by atoms with Crippen LogP contribution in [0.15, 0.2) is 18.2 Å². The van der Waals surface area contributed by atoms with E-state index in [-0.39, 0.29) is 6.04 Å². The van der Waals surface area contributed by atoms with Crippen LogP contribution in [0, 0.1) is 13.8 Å². The van der Waals surface area contributed by atoms with Crippen molar-refractivity contribution in [3.63, 3.8) is 0 Å². The molecule has 3 nitrogen and oxygen atoms in total. The summed E-state index contributed by atoms with van der Waals surface area (Å²) < 4.78 is 1.92. The second kappa shape index (κ2) is 6.82. The van der Waals surface area contributed by atoms with Gasteiger partial charge in [0.05, 0.1) is 15.7 Å². The van der Waals surface area contributed by atoms with Gasteiger partial charge in [-0.05, 0) is 38.0 Å². The first-order valence-corrected chi connectivity index (χ1v) is 7.87. The highest BCUT2D eigenvalue weighted by atomic mass is 35.5. The second-order valence-electron chi connectivity index (χ2n) is 5.29. The first kappa shape index (κ1) is 16.3. The van der Waals surface area contributed by atoms with Crippen LogP contribution in [0.3, 0.4) is 0 Å². The Morgan fingerprint density at radius 1 is 1.24 bits per heavy atom. The van der Waals surface area contributed by atoms with E-state index in [0.29, 0.717) is 10.0 Å². The molecule has 1 N–H and O–H groups in total. The maximum Gasteiger partial charge on any atom is 0.0641 e. The number of aromatic nitrogens is 2. The maximum absolute atomic E-state index is 6.11. The molecule has 5 heteroatoms. The van der Waals surface area contributed by atoms with Crippen molar-refractivity contribution in [1.29, 1.82) is 0 Å². The van der Waals surface area contributed by atoms with E-state index >= 15 is 0 Å². The Kier molecular flexibility index (Phi) is 5.31. The fourth-order valence-corrected chi connectivity index (χ4v) is 2.83. The SMILES string of the molecule is CCC(NCc1c(C)nn(C)c1C)c1ccc(Cl)c(Cl)c1. The van der Waals surface area contributed by atoms with Gasteiger partial charge in [-0.1, -0.05) is 36.2 Å². The summed E-state index contributed by atoms with van der Waals surface area (Å²) in [6.07, 6.45) is 0.982. The average molecular weight is 326 g/mol. The van der Waals surface area contributed by atoms with Crippen LogP contribution in [0.1, 0.15) is 41.9 Å². The molecule has 1 atom stereocenters. The van der Waals surface area contributed by atoms with E-state index in [1.165, 1.54) is 11.3 Å². The molecule has 0 aliphatic carbocycles. The van der Waals surface area contributed by atoms with Gasteiger partial charge in [-0.25, -0.2) is 0 Å². The number of hydrogen-bond acceptors (Lipinski definition) is 2. The average Bonchev–Trinajstić information content (AvgIpc) is 2.69. The summed E-state index contributed by atoms with van der Waals surface area (Å²) in [5.41, 5.74) is 4.69. The van der Waals surface area contributed by atoms with E-state index in [9.17, 15) is 0 Å². The molecule has 1 heterocycles. The Hall–Kier alpha value is -1.03. The molecule has 114 valence electrons. The summed E-state index contributed by atoms with van der Waals surface area (Å²) in [5, 5.41) is 9.23. The largest absolute Gasteiger partial charge is 0.306 e. The van der Waals surface area contributed by atoms with Crippen molar-refractivity contribution in [1.82, 2.24) is 15.1 Å². The van der Waals surface area contributed by atoms with E-state index in [1.54, 1.807) is 0 Å². The summed E-state index contributed by atoms with van der Waals surface area (Å²) in [4.78, 5) is 0. The number of halogens is 2. The van der Waals surface area contributed by atoms with Crippen molar-refractivity contribution < 1.29 is 0 Å². The molecule has 0 radical (unpaired) electrons. The molecule has 2 rings (SSSR count). The minimum Gasteiger partial charge on any atom is -0.306 e. The standard InChI is InChI=1S/C16H21Cl2N3/c1-5-16(12-6-7-14(17)15(18)8-12)19-9-13-10(2)20-21(4)11(13)3/h6-8,16,19H,5,9H2,1-4H3. The molecule has 2 aromatic rings. The molecule has 0 aliphatic rings. The molecule has 0 spiro atoms. The first-order chi connectivity index (χ1) is 9.93. The van der Waals surface area contributed by atoms with Crippen LogP contribution in [-0.4, -0.2) is 9.78 Å². The van der Waals surface area contributed by atoms with Gasteiger partial charge in [-0.2, -0.15) is 5.10 Å². The summed E-state index contributed by atoms with van der Waals surface area (Å²) in [6.45, 7) is 7.09. The molecular weight excluding hydrogens is 305 g/mol. The molecule has 1 unspecified atom stereocenters. The predicted octanol–water partition coefficient (Wildman–Crippen LogP) is 4.58. The molecule has 0 aliphatic heterocycles. The highest BCUT2D eigenvalue weighted by Gasteiger charge is 2.14. The monoisotopic (exact) mass is 325 g/mol. The third-order valence-corrected chi connectivity index (χ3v) is 4.68. The van der Waals surface area contributed by atoms with Crippen molar-refractivity contribution in [3.05, 3.63) is 50.8 Å². The van der Waals surface area contributed by atoms with Gasteiger partial charge in [-0.3, -0.25) is 4.68 Å². The first-order valence-electron chi connectivity index (χ1n) is 7.11. The molecular formula is C16H21Cl2N3. The molecule has 0 saturated carbocycles. The third-order valence-electron chi connectivity index (χ3n) is 3.94. The summed E-state index contributed by atoms with van der Waals surface area (Å²) in [5.74, 6) is 0. The van der Waals surface area contributed by atoms with Crippen LogP contribution in [0.25, 0.3) is 0 Å². The highest BCUT2D eigenvalue weighted by Crippen LogP contribution is 2.27. The third kappa shape index (κ3) is 3.60. The molecule has 1 aromatic carbocycles. The fraction of sp³-hybridized carbons (Fsp3) is 0.438. The van der Waals surface area contributed by atoms with Gasteiger partial charge < -0.3 is 5.32 Å². The molecule has 0 bridgehead atoms. The Morgan fingerprint density at radius 3 is 2.48 bits per heavy atom. The zero-order valence-electron chi connectivity index (χ0n) is 12.9.